The Balaban J connectivity index is 1.50. The van der Waals surface area contributed by atoms with Crippen LogP contribution in [0, 0.1) is 11.6 Å². The lowest BCUT2D eigenvalue weighted by atomic mass is 9.91. The summed E-state index contributed by atoms with van der Waals surface area (Å²) in [5.41, 5.74) is 0.436. The molecule has 1 aliphatic rings. The largest absolute Gasteiger partial charge is 0.490 e. The molecule has 1 aromatic carbocycles. The highest BCUT2D eigenvalue weighted by Crippen LogP contribution is 2.48. The maximum Gasteiger partial charge on any atom is 0.330 e. The minimum atomic E-state index is -2.89. The maximum atomic E-state index is 14.5. The zero-order valence-electron chi connectivity index (χ0n) is 21.0. The molecule has 0 atom stereocenters. The summed E-state index contributed by atoms with van der Waals surface area (Å²) in [6, 6.07) is 3.22. The third kappa shape index (κ3) is 10.3. The van der Waals surface area contributed by atoms with Crippen LogP contribution < -0.4 is 4.74 Å². The van der Waals surface area contributed by atoms with E-state index in [9.17, 15) is 13.3 Å². The minimum absolute atomic E-state index is 0.00605. The number of halogens is 2. The van der Waals surface area contributed by atoms with Crippen LogP contribution in [0.15, 0.2) is 12.1 Å². The van der Waals surface area contributed by atoms with Gasteiger partial charge in [0.1, 0.15) is 0 Å². The predicted molar refractivity (Wildman–Crippen MR) is 132 cm³/mol. The molecule has 2 rings (SSSR count). The second kappa shape index (κ2) is 16.6. The van der Waals surface area contributed by atoms with Gasteiger partial charge in [-0.2, -0.15) is 4.39 Å². The Hall–Kier alpha value is -1.01. The number of ether oxygens (including phenoxy) is 2. The van der Waals surface area contributed by atoms with E-state index in [0.717, 1.165) is 64.2 Å². The van der Waals surface area contributed by atoms with Crippen molar-refractivity contribution >= 4 is 7.60 Å². The fraction of sp³-hybridized carbons (Fsp3) is 0.769. The summed E-state index contributed by atoms with van der Waals surface area (Å²) >= 11 is 0. The minimum Gasteiger partial charge on any atom is -0.490 e. The van der Waals surface area contributed by atoms with E-state index in [1.54, 1.807) is 12.1 Å². The fourth-order valence-electron chi connectivity index (χ4n) is 4.37. The van der Waals surface area contributed by atoms with Crippen LogP contribution in [-0.2, 0) is 18.3 Å². The van der Waals surface area contributed by atoms with Crippen molar-refractivity contribution < 1.29 is 31.9 Å². The third-order valence-corrected chi connectivity index (χ3v) is 8.39. The molecule has 0 saturated carbocycles. The summed E-state index contributed by atoms with van der Waals surface area (Å²) in [6.07, 6.45) is 11.4. The summed E-state index contributed by atoms with van der Waals surface area (Å²) in [5.74, 6) is -1.62. The topological polar surface area (TPSA) is 54.0 Å². The molecule has 0 aromatic heterocycles. The van der Waals surface area contributed by atoms with Crippen molar-refractivity contribution in [2.24, 2.45) is 0 Å². The molecule has 0 bridgehead atoms. The van der Waals surface area contributed by atoms with Crippen molar-refractivity contribution in [2.75, 3.05) is 39.2 Å². The second-order valence-electron chi connectivity index (χ2n) is 8.87. The molecule has 0 N–H and O–H groups in total. The molecule has 1 heterocycles. The summed E-state index contributed by atoms with van der Waals surface area (Å²) in [7, 11) is -2.89. The van der Waals surface area contributed by atoms with Gasteiger partial charge in [-0.3, -0.25) is 4.57 Å². The smallest absolute Gasteiger partial charge is 0.330 e. The highest BCUT2D eigenvalue weighted by Gasteiger charge is 2.24. The fourth-order valence-corrected chi connectivity index (χ4v) is 6.10. The Labute approximate surface area is 204 Å². The SMILES string of the molecule is CCOP(=O)(CCCCCCCCCCCOc1ccc(C2CCOCC2)c(F)c1F)OCC. The van der Waals surface area contributed by atoms with E-state index in [0.29, 0.717) is 44.8 Å². The van der Waals surface area contributed by atoms with E-state index in [2.05, 4.69) is 0 Å². The molecule has 0 aliphatic carbocycles. The van der Waals surface area contributed by atoms with Gasteiger partial charge in [0.05, 0.1) is 26.0 Å². The van der Waals surface area contributed by atoms with Crippen LogP contribution in [0.3, 0.4) is 0 Å². The highest BCUT2D eigenvalue weighted by atomic mass is 31.2. The van der Waals surface area contributed by atoms with Crippen LogP contribution >= 0.6 is 7.60 Å². The van der Waals surface area contributed by atoms with Crippen LogP contribution in [0.5, 0.6) is 5.75 Å². The lowest BCUT2D eigenvalue weighted by Gasteiger charge is -2.23. The number of rotatable bonds is 18. The van der Waals surface area contributed by atoms with Crippen LogP contribution in [0.1, 0.15) is 96.0 Å². The van der Waals surface area contributed by atoms with Crippen molar-refractivity contribution in [3.05, 3.63) is 29.3 Å². The quantitative estimate of drug-likeness (QED) is 0.150. The molecule has 1 fully saturated rings. The molecule has 1 aliphatic heterocycles. The first-order valence-electron chi connectivity index (χ1n) is 13.1. The van der Waals surface area contributed by atoms with Gasteiger partial charge in [0.2, 0.25) is 5.82 Å². The van der Waals surface area contributed by atoms with Gasteiger partial charge in [0.15, 0.2) is 11.6 Å². The highest BCUT2D eigenvalue weighted by molar-refractivity contribution is 7.53. The van der Waals surface area contributed by atoms with E-state index in [-0.39, 0.29) is 11.7 Å². The molecule has 8 heteroatoms. The summed E-state index contributed by atoms with van der Waals surface area (Å²) in [6.45, 7) is 6.08. The van der Waals surface area contributed by atoms with Gasteiger partial charge < -0.3 is 18.5 Å². The average molecular weight is 505 g/mol. The van der Waals surface area contributed by atoms with Gasteiger partial charge in [0, 0.05) is 13.2 Å². The standard InChI is InChI=1S/C26H43F2O5P/c1-3-32-34(29,33-4-2)21-13-11-9-7-5-6-8-10-12-18-31-24-15-14-23(25(27)26(24)28)22-16-19-30-20-17-22/h14-15,22H,3-13,16-21H2,1-2H3. The Morgan fingerprint density at radius 1 is 0.853 bits per heavy atom. The molecule has 0 radical (unpaired) electrons. The molecule has 34 heavy (non-hydrogen) atoms. The second-order valence-corrected chi connectivity index (χ2v) is 11.1. The van der Waals surface area contributed by atoms with Crippen molar-refractivity contribution in [1.29, 1.82) is 0 Å². The first-order valence-corrected chi connectivity index (χ1v) is 14.8. The van der Waals surface area contributed by atoms with Crippen molar-refractivity contribution in [3.63, 3.8) is 0 Å². The number of unbranched alkanes of at least 4 members (excludes halogenated alkanes) is 8. The molecular weight excluding hydrogens is 461 g/mol. The van der Waals surface area contributed by atoms with Gasteiger partial charge in [-0.1, -0.05) is 51.0 Å². The molecule has 1 saturated heterocycles. The van der Waals surface area contributed by atoms with Gasteiger partial charge in [0.25, 0.3) is 0 Å². The zero-order chi connectivity index (χ0) is 24.7. The molecular formula is C26H43F2O5P. The van der Waals surface area contributed by atoms with Crippen molar-refractivity contribution in [1.82, 2.24) is 0 Å². The van der Waals surface area contributed by atoms with Gasteiger partial charge in [-0.15, -0.1) is 0 Å². The number of hydrogen-bond donors (Lipinski definition) is 0. The van der Waals surface area contributed by atoms with E-state index in [1.165, 1.54) is 6.42 Å². The van der Waals surface area contributed by atoms with Crippen LogP contribution in [0.2, 0.25) is 0 Å². The predicted octanol–water partition coefficient (Wildman–Crippen LogP) is 8.01. The van der Waals surface area contributed by atoms with Crippen LogP contribution in [-0.4, -0.2) is 39.2 Å². The number of hydrogen-bond acceptors (Lipinski definition) is 5. The monoisotopic (exact) mass is 504 g/mol. The summed E-state index contributed by atoms with van der Waals surface area (Å²) < 4.78 is 62.7. The Bertz CT molecular complexity index is 730. The first kappa shape index (κ1) is 29.2. The number of benzene rings is 1. The normalized spacial score (nSPS) is 15.1. The molecule has 5 nitrogen and oxygen atoms in total. The zero-order valence-corrected chi connectivity index (χ0v) is 21.9. The van der Waals surface area contributed by atoms with E-state index in [1.807, 2.05) is 13.8 Å². The molecule has 0 spiro atoms. The Morgan fingerprint density at radius 2 is 1.41 bits per heavy atom. The van der Waals surface area contributed by atoms with Gasteiger partial charge >= 0.3 is 7.60 Å². The van der Waals surface area contributed by atoms with E-state index in [4.69, 9.17) is 18.5 Å². The molecule has 0 amide bonds. The summed E-state index contributed by atoms with van der Waals surface area (Å²) in [5, 5.41) is 0. The Kier molecular flexibility index (Phi) is 14.3. The molecule has 0 unspecified atom stereocenters. The average Bonchev–Trinajstić information content (AvgIpc) is 2.83. The first-order chi connectivity index (χ1) is 16.5. The third-order valence-electron chi connectivity index (χ3n) is 6.22. The van der Waals surface area contributed by atoms with Gasteiger partial charge in [-0.25, -0.2) is 4.39 Å². The molecule has 1 aromatic rings. The van der Waals surface area contributed by atoms with Crippen molar-refractivity contribution in [2.45, 2.75) is 90.4 Å². The lowest BCUT2D eigenvalue weighted by Crippen LogP contribution is -2.16. The Morgan fingerprint density at radius 3 is 2.00 bits per heavy atom. The van der Waals surface area contributed by atoms with Crippen LogP contribution in [0.4, 0.5) is 8.78 Å². The maximum absolute atomic E-state index is 14.5. The van der Waals surface area contributed by atoms with Crippen molar-refractivity contribution in [3.8, 4) is 5.75 Å². The lowest BCUT2D eigenvalue weighted by molar-refractivity contribution is 0.0844. The van der Waals surface area contributed by atoms with Crippen LogP contribution in [0.25, 0.3) is 0 Å². The van der Waals surface area contributed by atoms with E-state index < -0.39 is 19.2 Å². The summed E-state index contributed by atoms with van der Waals surface area (Å²) in [4.78, 5) is 0. The van der Waals surface area contributed by atoms with E-state index >= 15 is 0 Å². The molecule has 196 valence electrons. The van der Waals surface area contributed by atoms with Gasteiger partial charge in [-0.05, 0) is 57.1 Å².